The summed E-state index contributed by atoms with van der Waals surface area (Å²) in [4.78, 5) is 30.4. The van der Waals surface area contributed by atoms with E-state index in [1.54, 1.807) is 43.1 Å². The summed E-state index contributed by atoms with van der Waals surface area (Å²) in [5, 5.41) is 2.51. The van der Waals surface area contributed by atoms with Crippen LogP contribution in [0.2, 0.25) is 0 Å². The van der Waals surface area contributed by atoms with Gasteiger partial charge in [0.2, 0.25) is 0 Å². The molecule has 0 aliphatic carbocycles. The number of ether oxygens (including phenoxy) is 2. The van der Waals surface area contributed by atoms with Crippen LogP contribution in [0.5, 0.6) is 11.5 Å². The van der Waals surface area contributed by atoms with Gasteiger partial charge in [0.15, 0.2) is 16.3 Å². The second-order valence-electron chi connectivity index (χ2n) is 7.41. The van der Waals surface area contributed by atoms with Gasteiger partial charge in [0.1, 0.15) is 11.1 Å². The maximum absolute atomic E-state index is 13.2. The van der Waals surface area contributed by atoms with Crippen molar-refractivity contribution in [2.24, 2.45) is 4.99 Å². The molecule has 8 heteroatoms. The minimum atomic E-state index is -0.746. The monoisotopic (exact) mass is 470 g/mol. The Morgan fingerprint density at radius 2 is 1.85 bits per heavy atom. The Bertz CT molecular complexity index is 1770. The molecule has 0 radical (unpaired) electrons. The van der Waals surface area contributed by atoms with Crippen LogP contribution < -0.4 is 19.9 Å². The summed E-state index contributed by atoms with van der Waals surface area (Å²) in [5.41, 5.74) is 0.251. The van der Waals surface area contributed by atoms with E-state index >= 15 is 0 Å². The average molecular weight is 471 g/mol. The van der Waals surface area contributed by atoms with Gasteiger partial charge < -0.3 is 18.5 Å². The fourth-order valence-corrected chi connectivity index (χ4v) is 4.93. The number of carbonyl (C=O) groups excluding carboxylic acids is 1. The third-order valence-corrected chi connectivity index (χ3v) is 6.55. The van der Waals surface area contributed by atoms with E-state index in [1.807, 2.05) is 30.3 Å². The van der Waals surface area contributed by atoms with Crippen molar-refractivity contribution in [3.05, 3.63) is 75.4 Å². The van der Waals surface area contributed by atoms with Crippen molar-refractivity contribution in [1.82, 2.24) is 4.57 Å². The minimum absolute atomic E-state index is 0.149. The molecule has 0 fully saturated rings. The zero-order valence-electron chi connectivity index (χ0n) is 18.3. The molecule has 0 N–H and O–H groups in total. The fourth-order valence-electron chi connectivity index (χ4n) is 3.89. The lowest BCUT2D eigenvalue weighted by Crippen LogP contribution is -2.19. The molecule has 2 aromatic heterocycles. The largest absolute Gasteiger partial charge is 0.493 e. The van der Waals surface area contributed by atoms with Gasteiger partial charge in [-0.3, -0.25) is 4.79 Å². The van der Waals surface area contributed by atoms with Crippen molar-refractivity contribution in [2.45, 2.75) is 6.54 Å². The highest BCUT2D eigenvalue weighted by Gasteiger charge is 2.17. The number of rotatable bonds is 4. The molecule has 0 aliphatic heterocycles. The molecule has 0 saturated heterocycles. The number of terminal acetylenes is 1. The predicted molar refractivity (Wildman–Crippen MR) is 132 cm³/mol. The molecule has 0 spiro atoms. The van der Waals surface area contributed by atoms with E-state index in [1.165, 1.54) is 11.3 Å². The minimum Gasteiger partial charge on any atom is -0.493 e. The fraction of sp³-hybridized carbons (Fsp3) is 0.115. The first kappa shape index (κ1) is 21.5. The van der Waals surface area contributed by atoms with E-state index in [-0.39, 0.29) is 12.1 Å². The van der Waals surface area contributed by atoms with Gasteiger partial charge in [-0.1, -0.05) is 47.6 Å². The van der Waals surface area contributed by atoms with E-state index in [0.29, 0.717) is 27.3 Å². The number of amides is 1. The number of methoxy groups -OCH3 is 2. The summed E-state index contributed by atoms with van der Waals surface area (Å²) in [7, 11) is 3.09. The summed E-state index contributed by atoms with van der Waals surface area (Å²) in [6, 6.07) is 16.4. The SMILES string of the molecule is C#CCn1c(=NC(=O)c2cc3c(ccc4ccccc43)oc2=O)sc2cc(OC)c(OC)cc21. The molecule has 5 rings (SSSR count). The maximum atomic E-state index is 13.2. The van der Waals surface area contributed by atoms with Gasteiger partial charge in [0, 0.05) is 17.5 Å². The van der Waals surface area contributed by atoms with E-state index in [2.05, 4.69) is 10.9 Å². The molecule has 0 aliphatic rings. The maximum Gasteiger partial charge on any atom is 0.349 e. The first-order valence-electron chi connectivity index (χ1n) is 10.3. The Balaban J connectivity index is 1.71. The zero-order valence-corrected chi connectivity index (χ0v) is 19.1. The van der Waals surface area contributed by atoms with Crippen molar-refractivity contribution < 1.29 is 18.7 Å². The molecule has 5 aromatic rings. The third-order valence-electron chi connectivity index (χ3n) is 5.51. The lowest BCUT2D eigenvalue weighted by atomic mass is 10.0. The molecule has 34 heavy (non-hydrogen) atoms. The van der Waals surface area contributed by atoms with Crippen LogP contribution in [0.1, 0.15) is 10.4 Å². The van der Waals surface area contributed by atoms with Crippen molar-refractivity contribution >= 4 is 49.2 Å². The van der Waals surface area contributed by atoms with E-state index in [9.17, 15) is 9.59 Å². The average Bonchev–Trinajstić information content (AvgIpc) is 3.18. The van der Waals surface area contributed by atoms with Gasteiger partial charge in [0.05, 0.1) is 31.0 Å². The summed E-state index contributed by atoms with van der Waals surface area (Å²) >= 11 is 1.26. The van der Waals surface area contributed by atoms with Crippen LogP contribution in [-0.2, 0) is 6.54 Å². The van der Waals surface area contributed by atoms with Crippen molar-refractivity contribution in [2.75, 3.05) is 14.2 Å². The first-order chi connectivity index (χ1) is 16.5. The second kappa shape index (κ2) is 8.54. The van der Waals surface area contributed by atoms with Gasteiger partial charge in [0.25, 0.3) is 5.91 Å². The van der Waals surface area contributed by atoms with E-state index in [4.69, 9.17) is 20.3 Å². The van der Waals surface area contributed by atoms with E-state index < -0.39 is 11.5 Å². The van der Waals surface area contributed by atoms with Crippen molar-refractivity contribution in [3.8, 4) is 23.8 Å². The number of nitrogens with zero attached hydrogens (tertiary/aromatic N) is 2. The van der Waals surface area contributed by atoms with E-state index in [0.717, 1.165) is 21.0 Å². The number of hydrogen-bond donors (Lipinski definition) is 0. The lowest BCUT2D eigenvalue weighted by Gasteiger charge is -2.08. The van der Waals surface area contributed by atoms with Crippen molar-refractivity contribution in [3.63, 3.8) is 0 Å². The first-order valence-corrected chi connectivity index (χ1v) is 11.1. The van der Waals surface area contributed by atoms with Crippen LogP contribution in [0.15, 0.2) is 68.8 Å². The standard InChI is InChI=1S/C26H18N2O5S/c1-4-11-28-19-13-21(31-2)22(32-3)14-23(19)34-26(28)27-24(29)18-12-17-16-8-6-5-7-15(16)9-10-20(17)33-25(18)30/h1,5-10,12-14H,11H2,2-3H3. The smallest absolute Gasteiger partial charge is 0.349 e. The molecule has 0 unspecified atom stereocenters. The lowest BCUT2D eigenvalue weighted by molar-refractivity contribution is 0.0994. The van der Waals surface area contributed by atoms with Gasteiger partial charge in [-0.25, -0.2) is 4.79 Å². The zero-order chi connectivity index (χ0) is 23.8. The molecule has 1 amide bonds. The van der Waals surface area contributed by atoms with Gasteiger partial charge in [-0.05, 0) is 22.9 Å². The Labute approximate surface area is 197 Å². The normalized spacial score (nSPS) is 11.7. The van der Waals surface area contributed by atoms with Crippen LogP contribution in [0, 0.1) is 12.3 Å². The molecule has 7 nitrogen and oxygen atoms in total. The molecule has 0 bridgehead atoms. The molecule has 0 saturated carbocycles. The van der Waals surface area contributed by atoms with Crippen LogP contribution in [0.25, 0.3) is 32.0 Å². The summed E-state index contributed by atoms with van der Waals surface area (Å²) < 4.78 is 18.7. The molecular weight excluding hydrogens is 452 g/mol. The molecular formula is C26H18N2O5S. The number of carbonyl (C=O) groups is 1. The van der Waals surface area contributed by atoms with Crippen LogP contribution >= 0.6 is 11.3 Å². The summed E-state index contributed by atoms with van der Waals surface area (Å²) in [5.74, 6) is 2.95. The Kier molecular flexibility index (Phi) is 5.40. The predicted octanol–water partition coefficient (Wildman–Crippen LogP) is 4.35. The van der Waals surface area contributed by atoms with Crippen molar-refractivity contribution in [1.29, 1.82) is 0 Å². The Morgan fingerprint density at radius 1 is 1.09 bits per heavy atom. The number of benzene rings is 3. The molecule has 168 valence electrons. The van der Waals surface area contributed by atoms with Gasteiger partial charge >= 0.3 is 5.63 Å². The Morgan fingerprint density at radius 3 is 2.62 bits per heavy atom. The number of fused-ring (bicyclic) bond motifs is 4. The quantitative estimate of drug-likeness (QED) is 0.222. The molecule has 2 heterocycles. The summed E-state index contributed by atoms with van der Waals surface area (Å²) in [6.07, 6.45) is 5.57. The topological polar surface area (TPSA) is 83.0 Å². The van der Waals surface area contributed by atoms with Gasteiger partial charge in [-0.2, -0.15) is 4.99 Å². The second-order valence-corrected chi connectivity index (χ2v) is 8.42. The highest BCUT2D eigenvalue weighted by Crippen LogP contribution is 2.33. The third kappa shape index (κ3) is 3.52. The summed E-state index contributed by atoms with van der Waals surface area (Å²) in [6.45, 7) is 0.179. The highest BCUT2D eigenvalue weighted by molar-refractivity contribution is 7.16. The highest BCUT2D eigenvalue weighted by atomic mass is 32.1. The molecule has 0 atom stereocenters. The van der Waals surface area contributed by atoms with Gasteiger partial charge in [-0.15, -0.1) is 6.42 Å². The number of hydrogen-bond acceptors (Lipinski definition) is 6. The number of aromatic nitrogens is 1. The Hall–Kier alpha value is -4.35. The van der Waals surface area contributed by atoms with Crippen LogP contribution in [0.3, 0.4) is 0 Å². The van der Waals surface area contributed by atoms with Crippen LogP contribution in [0.4, 0.5) is 0 Å². The van der Waals surface area contributed by atoms with Crippen LogP contribution in [-0.4, -0.2) is 24.7 Å². The number of thiazole rings is 1. The molecule has 3 aromatic carbocycles.